The van der Waals surface area contributed by atoms with Crippen LogP contribution in [0, 0.1) is 0 Å². The maximum absolute atomic E-state index is 12.5. The van der Waals surface area contributed by atoms with Gasteiger partial charge >= 0.3 is 0 Å². The van der Waals surface area contributed by atoms with Crippen LogP contribution in [0.5, 0.6) is 0 Å². The standard InChI is InChI=1S/C8H12F2N2O2/c1-8(9,10)2-3-12-4-6(13)11-7(14)5-12/h2-5H2,1H3,(H,11,13,14). The van der Waals surface area contributed by atoms with Crippen molar-refractivity contribution >= 4 is 11.8 Å². The number of rotatable bonds is 3. The predicted molar refractivity (Wildman–Crippen MR) is 44.8 cm³/mol. The molecule has 14 heavy (non-hydrogen) atoms. The van der Waals surface area contributed by atoms with Gasteiger partial charge in [-0.05, 0) is 6.92 Å². The summed E-state index contributed by atoms with van der Waals surface area (Å²) in [4.78, 5) is 23.1. The van der Waals surface area contributed by atoms with Crippen molar-refractivity contribution in [1.29, 1.82) is 0 Å². The number of hydrogen-bond donors (Lipinski definition) is 1. The van der Waals surface area contributed by atoms with Gasteiger partial charge in [-0.1, -0.05) is 0 Å². The van der Waals surface area contributed by atoms with Gasteiger partial charge in [0.25, 0.3) is 0 Å². The normalized spacial score (nSPS) is 19.6. The Kier molecular flexibility index (Phi) is 3.15. The van der Waals surface area contributed by atoms with E-state index in [-0.39, 0.29) is 26.1 Å². The van der Waals surface area contributed by atoms with Gasteiger partial charge in [0.15, 0.2) is 0 Å². The first-order chi connectivity index (χ1) is 6.37. The lowest BCUT2D eigenvalue weighted by atomic mass is 10.2. The van der Waals surface area contributed by atoms with Crippen molar-refractivity contribution in [3.05, 3.63) is 0 Å². The summed E-state index contributed by atoms with van der Waals surface area (Å²) in [6.07, 6.45) is -0.340. The minimum absolute atomic E-state index is 0.0157. The number of amides is 2. The van der Waals surface area contributed by atoms with E-state index in [4.69, 9.17) is 0 Å². The Balaban J connectivity index is 2.38. The quantitative estimate of drug-likeness (QED) is 0.661. The number of nitrogens with zero attached hydrogens (tertiary/aromatic N) is 1. The van der Waals surface area contributed by atoms with Crippen LogP contribution in [-0.2, 0) is 9.59 Å². The summed E-state index contributed by atoms with van der Waals surface area (Å²) in [5, 5.41) is 2.10. The maximum Gasteiger partial charge on any atom is 0.246 e. The number of nitrogens with one attached hydrogen (secondary N) is 1. The Morgan fingerprint density at radius 2 is 1.86 bits per heavy atom. The van der Waals surface area contributed by atoms with E-state index in [9.17, 15) is 18.4 Å². The zero-order valence-corrected chi connectivity index (χ0v) is 7.85. The summed E-state index contributed by atoms with van der Waals surface area (Å²) in [5.41, 5.74) is 0. The molecule has 0 atom stereocenters. The highest BCUT2D eigenvalue weighted by Gasteiger charge is 2.26. The van der Waals surface area contributed by atoms with Crippen LogP contribution in [0.4, 0.5) is 8.78 Å². The summed E-state index contributed by atoms with van der Waals surface area (Å²) in [6, 6.07) is 0. The Bertz CT molecular complexity index is 234. The molecule has 1 aliphatic heterocycles. The molecule has 0 radical (unpaired) electrons. The molecule has 80 valence electrons. The minimum atomic E-state index is -2.75. The van der Waals surface area contributed by atoms with Crippen LogP contribution in [-0.4, -0.2) is 42.3 Å². The molecule has 1 N–H and O–H groups in total. The number of carbonyl (C=O) groups is 2. The van der Waals surface area contributed by atoms with E-state index >= 15 is 0 Å². The van der Waals surface area contributed by atoms with Crippen molar-refractivity contribution in [3.8, 4) is 0 Å². The van der Waals surface area contributed by atoms with E-state index in [1.807, 2.05) is 0 Å². The molecule has 0 aromatic rings. The summed E-state index contributed by atoms with van der Waals surface area (Å²) in [6.45, 7) is 0.908. The first kappa shape index (κ1) is 11.0. The number of piperazine rings is 1. The van der Waals surface area contributed by atoms with Crippen molar-refractivity contribution in [3.63, 3.8) is 0 Å². The van der Waals surface area contributed by atoms with Crippen LogP contribution < -0.4 is 5.32 Å². The lowest BCUT2D eigenvalue weighted by molar-refractivity contribution is -0.136. The zero-order chi connectivity index (χ0) is 10.8. The fourth-order valence-electron chi connectivity index (χ4n) is 1.21. The van der Waals surface area contributed by atoms with Crippen LogP contribution in [0.1, 0.15) is 13.3 Å². The van der Waals surface area contributed by atoms with E-state index in [1.54, 1.807) is 0 Å². The highest BCUT2D eigenvalue weighted by molar-refractivity contribution is 5.99. The van der Waals surface area contributed by atoms with Crippen LogP contribution in [0.25, 0.3) is 0 Å². The van der Waals surface area contributed by atoms with Crippen molar-refractivity contribution in [1.82, 2.24) is 10.2 Å². The van der Waals surface area contributed by atoms with Crippen molar-refractivity contribution in [2.45, 2.75) is 19.3 Å². The summed E-state index contributed by atoms with van der Waals surface area (Å²) >= 11 is 0. The number of alkyl halides is 2. The van der Waals surface area contributed by atoms with E-state index in [2.05, 4.69) is 5.32 Å². The Labute approximate surface area is 80.3 Å². The fourth-order valence-corrected chi connectivity index (χ4v) is 1.21. The fraction of sp³-hybridized carbons (Fsp3) is 0.750. The van der Waals surface area contributed by atoms with Gasteiger partial charge in [-0.2, -0.15) is 0 Å². The Morgan fingerprint density at radius 1 is 1.36 bits per heavy atom. The highest BCUT2D eigenvalue weighted by Crippen LogP contribution is 2.17. The van der Waals surface area contributed by atoms with Crippen molar-refractivity contribution < 1.29 is 18.4 Å². The Morgan fingerprint density at radius 3 is 2.29 bits per heavy atom. The molecule has 4 nitrogen and oxygen atoms in total. The van der Waals surface area contributed by atoms with Crippen molar-refractivity contribution in [2.24, 2.45) is 0 Å². The van der Waals surface area contributed by atoms with Gasteiger partial charge in [0.2, 0.25) is 17.7 Å². The third kappa shape index (κ3) is 3.78. The monoisotopic (exact) mass is 206 g/mol. The number of hydrogen-bond acceptors (Lipinski definition) is 3. The van der Waals surface area contributed by atoms with Gasteiger partial charge in [0.05, 0.1) is 13.1 Å². The maximum atomic E-state index is 12.5. The largest absolute Gasteiger partial charge is 0.294 e. The van der Waals surface area contributed by atoms with Crippen LogP contribution in [0.2, 0.25) is 0 Å². The third-order valence-corrected chi connectivity index (χ3v) is 1.88. The molecule has 0 saturated carbocycles. The number of imide groups is 1. The first-order valence-electron chi connectivity index (χ1n) is 4.30. The lowest BCUT2D eigenvalue weighted by Gasteiger charge is -2.26. The van der Waals surface area contributed by atoms with Crippen LogP contribution in [0.3, 0.4) is 0 Å². The summed E-state index contributed by atoms with van der Waals surface area (Å²) in [5.74, 6) is -3.61. The molecule has 1 saturated heterocycles. The molecule has 1 heterocycles. The molecule has 1 aliphatic rings. The highest BCUT2D eigenvalue weighted by atomic mass is 19.3. The second kappa shape index (κ2) is 4.00. The molecule has 0 unspecified atom stereocenters. The molecule has 0 bridgehead atoms. The SMILES string of the molecule is CC(F)(F)CCN1CC(=O)NC(=O)C1. The van der Waals surface area contributed by atoms with Gasteiger partial charge in [-0.25, -0.2) is 8.78 Å². The molecular weight excluding hydrogens is 194 g/mol. The van der Waals surface area contributed by atoms with Gasteiger partial charge in [0.1, 0.15) is 0 Å². The average molecular weight is 206 g/mol. The second-order valence-corrected chi connectivity index (χ2v) is 3.50. The third-order valence-electron chi connectivity index (χ3n) is 1.88. The number of carbonyl (C=O) groups excluding carboxylic acids is 2. The molecule has 1 rings (SSSR count). The van der Waals surface area contributed by atoms with Gasteiger partial charge in [-0.15, -0.1) is 0 Å². The first-order valence-corrected chi connectivity index (χ1v) is 4.30. The predicted octanol–water partition coefficient (Wildman–Crippen LogP) is -0.00990. The van der Waals surface area contributed by atoms with E-state index in [1.165, 1.54) is 4.90 Å². The van der Waals surface area contributed by atoms with E-state index in [0.717, 1.165) is 6.92 Å². The average Bonchev–Trinajstić information content (AvgIpc) is 1.97. The molecule has 1 fully saturated rings. The van der Waals surface area contributed by atoms with E-state index < -0.39 is 17.7 Å². The molecule has 0 aliphatic carbocycles. The molecular formula is C8H12F2N2O2. The minimum Gasteiger partial charge on any atom is -0.294 e. The van der Waals surface area contributed by atoms with Gasteiger partial charge in [-0.3, -0.25) is 19.8 Å². The molecule has 0 aromatic heterocycles. The van der Waals surface area contributed by atoms with Gasteiger partial charge in [0, 0.05) is 13.0 Å². The van der Waals surface area contributed by atoms with Gasteiger partial charge < -0.3 is 0 Å². The van der Waals surface area contributed by atoms with Crippen LogP contribution >= 0.6 is 0 Å². The number of halogens is 2. The molecule has 2 amide bonds. The molecule has 0 aromatic carbocycles. The summed E-state index contributed by atoms with van der Waals surface area (Å²) in [7, 11) is 0. The topological polar surface area (TPSA) is 49.4 Å². The molecule has 6 heteroatoms. The van der Waals surface area contributed by atoms with Crippen LogP contribution in [0.15, 0.2) is 0 Å². The van der Waals surface area contributed by atoms with Crippen molar-refractivity contribution in [2.75, 3.05) is 19.6 Å². The Hall–Kier alpha value is -1.04. The summed E-state index contributed by atoms with van der Waals surface area (Å²) < 4.78 is 24.9. The smallest absolute Gasteiger partial charge is 0.246 e. The zero-order valence-electron chi connectivity index (χ0n) is 7.85. The second-order valence-electron chi connectivity index (χ2n) is 3.50. The van der Waals surface area contributed by atoms with E-state index in [0.29, 0.717) is 0 Å². The molecule has 0 spiro atoms. The lowest BCUT2D eigenvalue weighted by Crippen LogP contribution is -2.51.